The van der Waals surface area contributed by atoms with Crippen molar-refractivity contribution in [3.8, 4) is 17.2 Å². The van der Waals surface area contributed by atoms with Crippen LogP contribution in [0.5, 0.6) is 0 Å². The second-order valence-corrected chi connectivity index (χ2v) is 7.36. The van der Waals surface area contributed by atoms with Gasteiger partial charge in [0, 0.05) is 15.7 Å². The number of imidazole rings is 1. The molecular weight excluding hydrogens is 446 g/mol. The molecule has 0 bridgehead atoms. The van der Waals surface area contributed by atoms with Crippen molar-refractivity contribution in [2.24, 2.45) is 0 Å². The van der Waals surface area contributed by atoms with Gasteiger partial charge in [-0.1, -0.05) is 12.1 Å². The summed E-state index contributed by atoms with van der Waals surface area (Å²) in [7, 11) is 0. The van der Waals surface area contributed by atoms with Gasteiger partial charge in [0.2, 0.25) is 0 Å². The molecule has 5 aromatic rings. The first-order valence-corrected chi connectivity index (χ1v) is 9.85. The molecule has 146 valence electrons. The second kappa shape index (κ2) is 7.53. The van der Waals surface area contributed by atoms with Gasteiger partial charge in [-0.15, -0.1) is 10.2 Å². The topological polar surface area (TPSA) is 101 Å². The third kappa shape index (κ3) is 3.46. The lowest BCUT2D eigenvalue weighted by atomic mass is 10.2. The van der Waals surface area contributed by atoms with Gasteiger partial charge < -0.3 is 10.3 Å². The molecule has 0 saturated heterocycles. The number of nitrogens with one attached hydrogen (secondary N) is 2. The minimum absolute atomic E-state index is 0.266. The van der Waals surface area contributed by atoms with Gasteiger partial charge in [-0.25, -0.2) is 9.97 Å². The molecule has 3 heterocycles. The van der Waals surface area contributed by atoms with Crippen molar-refractivity contribution in [3.05, 3.63) is 83.5 Å². The molecule has 8 nitrogen and oxygen atoms in total. The van der Waals surface area contributed by atoms with Crippen LogP contribution in [-0.4, -0.2) is 35.6 Å². The predicted molar refractivity (Wildman–Crippen MR) is 116 cm³/mol. The van der Waals surface area contributed by atoms with Crippen molar-refractivity contribution in [2.75, 3.05) is 5.32 Å². The van der Waals surface area contributed by atoms with Gasteiger partial charge in [-0.2, -0.15) is 0 Å². The van der Waals surface area contributed by atoms with E-state index >= 15 is 0 Å². The van der Waals surface area contributed by atoms with E-state index in [2.05, 4.69) is 46.4 Å². The highest BCUT2D eigenvalue weighted by molar-refractivity contribution is 9.10. The van der Waals surface area contributed by atoms with E-state index in [1.807, 2.05) is 48.5 Å². The molecule has 1 amide bonds. The molecule has 2 N–H and O–H groups in total. The van der Waals surface area contributed by atoms with Crippen molar-refractivity contribution >= 4 is 38.6 Å². The molecule has 0 spiro atoms. The summed E-state index contributed by atoms with van der Waals surface area (Å²) in [6.07, 6.45) is 3.05. The third-order valence-electron chi connectivity index (χ3n) is 4.54. The summed E-state index contributed by atoms with van der Waals surface area (Å²) in [6, 6.07) is 18.9. The summed E-state index contributed by atoms with van der Waals surface area (Å²) in [5.41, 5.74) is 3.74. The van der Waals surface area contributed by atoms with Crippen molar-refractivity contribution in [3.63, 3.8) is 0 Å². The van der Waals surface area contributed by atoms with Crippen LogP contribution in [0, 0.1) is 0 Å². The van der Waals surface area contributed by atoms with E-state index in [0.29, 0.717) is 16.0 Å². The number of aromatic nitrogens is 6. The Morgan fingerprint density at radius 1 is 0.933 bits per heavy atom. The van der Waals surface area contributed by atoms with Gasteiger partial charge >= 0.3 is 0 Å². The van der Waals surface area contributed by atoms with Gasteiger partial charge in [-0.05, 0) is 64.5 Å². The van der Waals surface area contributed by atoms with E-state index in [4.69, 9.17) is 0 Å². The van der Waals surface area contributed by atoms with Crippen LogP contribution in [0.2, 0.25) is 0 Å². The summed E-state index contributed by atoms with van der Waals surface area (Å²) in [6.45, 7) is 0. The van der Waals surface area contributed by atoms with Crippen molar-refractivity contribution in [1.29, 1.82) is 0 Å². The number of carbonyl (C=O) groups excluding carboxylic acids is 1. The fourth-order valence-electron chi connectivity index (χ4n) is 3.05. The van der Waals surface area contributed by atoms with E-state index in [1.165, 1.54) is 12.7 Å². The quantitative estimate of drug-likeness (QED) is 0.418. The smallest absolute Gasteiger partial charge is 0.275 e. The standard InChI is InChI=1S/C21H14BrN7O/c22-15-9-10-18(29-11-23-24-12-29)28-19(15)21(30)25-14-7-5-13(6-8-14)20-26-16-3-1-2-4-17(16)27-20/h1-12H,(H,25,30)(H,26,27). The Balaban J connectivity index is 1.37. The molecule has 5 rings (SSSR count). The lowest BCUT2D eigenvalue weighted by Crippen LogP contribution is -2.15. The number of hydrogen-bond donors (Lipinski definition) is 2. The fraction of sp³-hybridized carbons (Fsp3) is 0. The Hall–Kier alpha value is -3.85. The molecule has 0 unspecified atom stereocenters. The minimum Gasteiger partial charge on any atom is -0.338 e. The summed E-state index contributed by atoms with van der Waals surface area (Å²) in [5.74, 6) is 1.00. The molecule has 0 aliphatic rings. The number of aromatic amines is 1. The summed E-state index contributed by atoms with van der Waals surface area (Å²) in [5, 5.41) is 10.4. The summed E-state index contributed by atoms with van der Waals surface area (Å²) < 4.78 is 2.22. The zero-order chi connectivity index (χ0) is 20.5. The van der Waals surface area contributed by atoms with E-state index in [1.54, 1.807) is 16.7 Å². The van der Waals surface area contributed by atoms with Gasteiger partial charge in [0.25, 0.3) is 5.91 Å². The van der Waals surface area contributed by atoms with Crippen LogP contribution in [0.4, 0.5) is 5.69 Å². The lowest BCUT2D eigenvalue weighted by Gasteiger charge is -2.09. The Bertz CT molecular complexity index is 1310. The van der Waals surface area contributed by atoms with Crippen molar-refractivity contribution in [2.45, 2.75) is 0 Å². The van der Waals surface area contributed by atoms with Gasteiger partial charge in [0.05, 0.1) is 11.0 Å². The van der Waals surface area contributed by atoms with Crippen LogP contribution in [-0.2, 0) is 0 Å². The average Bonchev–Trinajstić information content (AvgIpc) is 3.44. The first kappa shape index (κ1) is 18.2. The number of fused-ring (bicyclic) bond motifs is 1. The average molecular weight is 460 g/mol. The molecule has 9 heteroatoms. The fourth-order valence-corrected chi connectivity index (χ4v) is 3.45. The maximum atomic E-state index is 12.8. The summed E-state index contributed by atoms with van der Waals surface area (Å²) in [4.78, 5) is 25.1. The maximum Gasteiger partial charge on any atom is 0.275 e. The van der Waals surface area contributed by atoms with E-state index in [9.17, 15) is 4.79 Å². The van der Waals surface area contributed by atoms with Crippen LogP contribution < -0.4 is 5.32 Å². The first-order valence-electron chi connectivity index (χ1n) is 9.05. The SMILES string of the molecule is O=C(Nc1ccc(-c2nc3ccccc3[nH]2)cc1)c1nc(-n2cnnc2)ccc1Br. The highest BCUT2D eigenvalue weighted by atomic mass is 79.9. The van der Waals surface area contributed by atoms with E-state index < -0.39 is 0 Å². The zero-order valence-electron chi connectivity index (χ0n) is 15.5. The predicted octanol–water partition coefficient (Wildman–Crippen LogP) is 4.22. The Kier molecular flexibility index (Phi) is 4.56. The largest absolute Gasteiger partial charge is 0.338 e. The highest BCUT2D eigenvalue weighted by Gasteiger charge is 2.14. The van der Waals surface area contributed by atoms with Crippen LogP contribution in [0.1, 0.15) is 10.5 Å². The number of nitrogens with zero attached hydrogens (tertiary/aromatic N) is 5. The zero-order valence-corrected chi connectivity index (χ0v) is 17.0. The Morgan fingerprint density at radius 2 is 1.70 bits per heavy atom. The van der Waals surface area contributed by atoms with Crippen LogP contribution in [0.25, 0.3) is 28.2 Å². The number of hydrogen-bond acceptors (Lipinski definition) is 5. The molecule has 2 aromatic carbocycles. The molecular formula is C21H14BrN7O. The number of para-hydroxylation sites is 2. The number of anilines is 1. The van der Waals surface area contributed by atoms with Crippen molar-refractivity contribution in [1.82, 2.24) is 29.7 Å². The number of rotatable bonds is 4. The Labute approximate surface area is 179 Å². The number of benzene rings is 2. The monoisotopic (exact) mass is 459 g/mol. The number of H-pyrrole nitrogens is 1. The van der Waals surface area contributed by atoms with Crippen LogP contribution in [0.3, 0.4) is 0 Å². The van der Waals surface area contributed by atoms with Gasteiger partial charge in [0.1, 0.15) is 30.0 Å². The van der Waals surface area contributed by atoms with Gasteiger partial charge in [-0.3, -0.25) is 9.36 Å². The lowest BCUT2D eigenvalue weighted by molar-refractivity contribution is 0.102. The van der Waals surface area contributed by atoms with Crippen LogP contribution >= 0.6 is 15.9 Å². The molecule has 0 saturated carbocycles. The number of pyridine rings is 1. The number of carbonyl (C=O) groups is 1. The third-order valence-corrected chi connectivity index (χ3v) is 5.18. The second-order valence-electron chi connectivity index (χ2n) is 6.50. The maximum absolute atomic E-state index is 12.8. The van der Waals surface area contributed by atoms with Crippen LogP contribution in [0.15, 0.2) is 77.8 Å². The number of amides is 1. The molecule has 3 aromatic heterocycles. The summed E-state index contributed by atoms with van der Waals surface area (Å²) >= 11 is 3.39. The van der Waals surface area contributed by atoms with E-state index in [0.717, 1.165) is 22.4 Å². The van der Waals surface area contributed by atoms with E-state index in [-0.39, 0.29) is 11.6 Å². The normalized spacial score (nSPS) is 11.0. The molecule has 0 atom stereocenters. The minimum atomic E-state index is -0.326. The molecule has 0 fully saturated rings. The highest BCUT2D eigenvalue weighted by Crippen LogP contribution is 2.23. The number of halogens is 1. The molecule has 0 aliphatic heterocycles. The molecule has 0 aliphatic carbocycles. The first-order chi connectivity index (χ1) is 14.7. The van der Waals surface area contributed by atoms with Gasteiger partial charge in [0.15, 0.2) is 0 Å². The van der Waals surface area contributed by atoms with Crippen molar-refractivity contribution < 1.29 is 4.79 Å². The molecule has 30 heavy (non-hydrogen) atoms. The molecule has 0 radical (unpaired) electrons. The Morgan fingerprint density at radius 3 is 2.47 bits per heavy atom.